The Kier molecular flexibility index (Phi) is 4.37. The Bertz CT molecular complexity index is 383. The van der Waals surface area contributed by atoms with Crippen LogP contribution in [-0.2, 0) is 4.74 Å². The minimum absolute atomic E-state index is 0.311. The molecule has 15 heavy (non-hydrogen) atoms. The first-order valence-electron chi connectivity index (χ1n) is 4.60. The second-order valence-corrected chi connectivity index (χ2v) is 3.43. The van der Waals surface area contributed by atoms with E-state index >= 15 is 0 Å². The molecule has 1 aromatic carbocycles. The van der Waals surface area contributed by atoms with Gasteiger partial charge in [-0.05, 0) is 24.1 Å². The van der Waals surface area contributed by atoms with E-state index in [-0.39, 0.29) is 5.97 Å². The Morgan fingerprint density at radius 3 is 2.87 bits per heavy atom. The van der Waals surface area contributed by atoms with Crippen molar-refractivity contribution < 1.29 is 9.53 Å². The molecule has 80 valence electrons. The fourth-order valence-electron chi connectivity index (χ4n) is 1.25. The molecule has 0 saturated heterocycles. The van der Waals surface area contributed by atoms with Crippen molar-refractivity contribution in [3.8, 4) is 0 Å². The van der Waals surface area contributed by atoms with Gasteiger partial charge in [-0.2, -0.15) is 0 Å². The van der Waals surface area contributed by atoms with E-state index in [1.165, 1.54) is 7.11 Å². The maximum atomic E-state index is 11.4. The molecule has 0 amide bonds. The van der Waals surface area contributed by atoms with Crippen LogP contribution in [0.5, 0.6) is 0 Å². The zero-order valence-electron chi connectivity index (χ0n) is 8.79. The number of methoxy groups -OCH3 is 1. The van der Waals surface area contributed by atoms with Gasteiger partial charge in [0.05, 0.1) is 12.7 Å². The van der Waals surface area contributed by atoms with Crippen LogP contribution in [0.1, 0.15) is 21.5 Å². The Morgan fingerprint density at radius 1 is 1.53 bits per heavy atom. The molecule has 0 atom stereocenters. The smallest absolute Gasteiger partial charge is 0.338 e. The highest BCUT2D eigenvalue weighted by molar-refractivity contribution is 6.19. The molecule has 0 bridgehead atoms. The summed E-state index contributed by atoms with van der Waals surface area (Å²) in [5, 5.41) is 0. The molecule has 0 aliphatic carbocycles. The van der Waals surface area contributed by atoms with E-state index in [9.17, 15) is 4.79 Å². The molecular formula is C12H13ClO2. The van der Waals surface area contributed by atoms with Gasteiger partial charge in [-0.25, -0.2) is 4.79 Å². The maximum Gasteiger partial charge on any atom is 0.338 e. The van der Waals surface area contributed by atoms with Crippen LogP contribution in [0.2, 0.25) is 0 Å². The van der Waals surface area contributed by atoms with Crippen LogP contribution >= 0.6 is 11.6 Å². The van der Waals surface area contributed by atoms with Gasteiger partial charge >= 0.3 is 5.97 Å². The Balaban J connectivity index is 3.05. The highest BCUT2D eigenvalue weighted by Crippen LogP contribution is 2.13. The van der Waals surface area contributed by atoms with Gasteiger partial charge in [0, 0.05) is 5.88 Å². The molecule has 0 fully saturated rings. The fraction of sp³-hybridized carbons (Fsp3) is 0.250. The molecule has 0 N–H and O–H groups in total. The van der Waals surface area contributed by atoms with Crippen molar-refractivity contribution in [2.24, 2.45) is 0 Å². The van der Waals surface area contributed by atoms with Crippen molar-refractivity contribution in [1.29, 1.82) is 0 Å². The lowest BCUT2D eigenvalue weighted by molar-refractivity contribution is 0.0600. The highest BCUT2D eigenvalue weighted by atomic mass is 35.5. The molecule has 0 saturated carbocycles. The third kappa shape index (κ3) is 3.10. The van der Waals surface area contributed by atoms with Crippen molar-refractivity contribution >= 4 is 23.6 Å². The number of esters is 1. The minimum atomic E-state index is -0.311. The zero-order valence-corrected chi connectivity index (χ0v) is 9.54. The normalized spacial score (nSPS) is 10.6. The van der Waals surface area contributed by atoms with E-state index in [1.807, 2.05) is 31.2 Å². The number of allylic oxidation sites excluding steroid dienone is 1. The second-order valence-electron chi connectivity index (χ2n) is 3.12. The SMILES string of the molecule is COC(=O)c1cc(C=CCCl)ccc1C. The van der Waals surface area contributed by atoms with Crippen LogP contribution in [0.3, 0.4) is 0 Å². The Morgan fingerprint density at radius 2 is 2.27 bits per heavy atom. The third-order valence-electron chi connectivity index (χ3n) is 2.07. The van der Waals surface area contributed by atoms with Gasteiger partial charge in [0.15, 0.2) is 0 Å². The standard InChI is InChI=1S/C12H13ClO2/c1-9-5-6-10(4-3-7-13)8-11(9)12(14)15-2/h3-6,8H,7H2,1-2H3. The lowest BCUT2D eigenvalue weighted by Gasteiger charge is -2.04. The highest BCUT2D eigenvalue weighted by Gasteiger charge is 2.08. The molecule has 0 aliphatic heterocycles. The van der Waals surface area contributed by atoms with Crippen LogP contribution in [0.15, 0.2) is 24.3 Å². The second kappa shape index (κ2) is 5.56. The predicted octanol–water partition coefficient (Wildman–Crippen LogP) is 3.03. The summed E-state index contributed by atoms with van der Waals surface area (Å²) in [6.45, 7) is 1.88. The van der Waals surface area contributed by atoms with E-state index in [0.29, 0.717) is 11.4 Å². The van der Waals surface area contributed by atoms with Crippen LogP contribution in [-0.4, -0.2) is 19.0 Å². The number of carbonyl (C=O) groups excluding carboxylic acids is 1. The lowest BCUT2D eigenvalue weighted by Crippen LogP contribution is -2.03. The monoisotopic (exact) mass is 224 g/mol. The van der Waals surface area contributed by atoms with E-state index < -0.39 is 0 Å². The number of aryl methyl sites for hydroxylation is 1. The average molecular weight is 225 g/mol. The van der Waals surface area contributed by atoms with Gasteiger partial charge in [-0.1, -0.05) is 24.3 Å². The summed E-state index contributed by atoms with van der Waals surface area (Å²) in [4.78, 5) is 11.4. The Labute approximate surface area is 94.5 Å². The third-order valence-corrected chi connectivity index (χ3v) is 2.24. The minimum Gasteiger partial charge on any atom is -0.465 e. The molecule has 0 spiro atoms. The number of halogens is 1. The lowest BCUT2D eigenvalue weighted by atomic mass is 10.0. The fourth-order valence-corrected chi connectivity index (χ4v) is 1.34. The van der Waals surface area contributed by atoms with E-state index in [4.69, 9.17) is 11.6 Å². The molecule has 0 heterocycles. The molecule has 2 nitrogen and oxygen atoms in total. The molecule has 1 aromatic rings. The number of hydrogen-bond donors (Lipinski definition) is 0. The van der Waals surface area contributed by atoms with Crippen LogP contribution in [0, 0.1) is 6.92 Å². The van der Waals surface area contributed by atoms with Crippen molar-refractivity contribution in [2.75, 3.05) is 13.0 Å². The first-order valence-corrected chi connectivity index (χ1v) is 5.14. The quantitative estimate of drug-likeness (QED) is 0.583. The number of alkyl halides is 1. The summed E-state index contributed by atoms with van der Waals surface area (Å²) in [6, 6.07) is 5.62. The molecule has 0 radical (unpaired) electrons. The van der Waals surface area contributed by atoms with Crippen molar-refractivity contribution in [1.82, 2.24) is 0 Å². The van der Waals surface area contributed by atoms with Gasteiger partial charge in [0.25, 0.3) is 0 Å². The van der Waals surface area contributed by atoms with Gasteiger partial charge in [-0.3, -0.25) is 0 Å². The maximum absolute atomic E-state index is 11.4. The number of hydrogen-bond acceptors (Lipinski definition) is 2. The first-order chi connectivity index (χ1) is 7.19. The summed E-state index contributed by atoms with van der Waals surface area (Å²) in [7, 11) is 1.38. The summed E-state index contributed by atoms with van der Waals surface area (Å²) >= 11 is 5.53. The van der Waals surface area contributed by atoms with Gasteiger partial charge < -0.3 is 4.74 Å². The van der Waals surface area contributed by atoms with Crippen LogP contribution in [0.4, 0.5) is 0 Å². The van der Waals surface area contributed by atoms with Crippen molar-refractivity contribution in [3.63, 3.8) is 0 Å². The van der Waals surface area contributed by atoms with Crippen molar-refractivity contribution in [2.45, 2.75) is 6.92 Å². The van der Waals surface area contributed by atoms with Crippen molar-refractivity contribution in [3.05, 3.63) is 41.0 Å². The molecule has 1 rings (SSSR count). The number of ether oxygens (including phenoxy) is 1. The molecular weight excluding hydrogens is 212 g/mol. The predicted molar refractivity (Wildman–Crippen MR) is 62.3 cm³/mol. The number of carbonyl (C=O) groups is 1. The van der Waals surface area contributed by atoms with E-state index in [1.54, 1.807) is 6.07 Å². The molecule has 0 aliphatic rings. The Hall–Kier alpha value is -1.28. The van der Waals surface area contributed by atoms with Gasteiger partial charge in [0.2, 0.25) is 0 Å². The number of rotatable bonds is 3. The number of benzene rings is 1. The van der Waals surface area contributed by atoms with E-state index in [2.05, 4.69) is 4.74 Å². The zero-order chi connectivity index (χ0) is 11.3. The largest absolute Gasteiger partial charge is 0.465 e. The summed E-state index contributed by atoms with van der Waals surface area (Å²) in [5.74, 6) is 0.148. The van der Waals surface area contributed by atoms with Gasteiger partial charge in [-0.15, -0.1) is 11.6 Å². The summed E-state index contributed by atoms with van der Waals surface area (Å²) in [5.41, 5.74) is 2.45. The molecule has 0 aromatic heterocycles. The summed E-state index contributed by atoms with van der Waals surface area (Å²) in [6.07, 6.45) is 3.70. The topological polar surface area (TPSA) is 26.3 Å². The molecule has 3 heteroatoms. The van der Waals surface area contributed by atoms with Gasteiger partial charge in [0.1, 0.15) is 0 Å². The molecule has 0 unspecified atom stereocenters. The van der Waals surface area contributed by atoms with Crippen LogP contribution < -0.4 is 0 Å². The average Bonchev–Trinajstić information content (AvgIpc) is 2.27. The summed E-state index contributed by atoms with van der Waals surface area (Å²) < 4.78 is 4.69. The van der Waals surface area contributed by atoms with E-state index in [0.717, 1.165) is 11.1 Å². The van der Waals surface area contributed by atoms with Crippen LogP contribution in [0.25, 0.3) is 6.08 Å². The first kappa shape index (κ1) is 11.8.